The number of carbonyl (C=O) groups is 1. The molecule has 1 amide bonds. The number of carbonyl (C=O) groups excluding carboxylic acids is 1. The van der Waals surface area contributed by atoms with Gasteiger partial charge >= 0.3 is 0 Å². The lowest BCUT2D eigenvalue weighted by atomic mass is 10.1. The van der Waals surface area contributed by atoms with Gasteiger partial charge in [-0.1, -0.05) is 29.8 Å². The fourth-order valence-corrected chi connectivity index (χ4v) is 2.45. The molecule has 0 atom stereocenters. The normalized spacial score (nSPS) is 10.5. The quantitative estimate of drug-likeness (QED) is 0.850. The summed E-state index contributed by atoms with van der Waals surface area (Å²) in [5.41, 5.74) is 7.12. The van der Waals surface area contributed by atoms with Gasteiger partial charge in [0.25, 0.3) is 0 Å². The summed E-state index contributed by atoms with van der Waals surface area (Å²) in [6.07, 6.45) is 0.982. The summed E-state index contributed by atoms with van der Waals surface area (Å²) in [6.45, 7) is 1.16. The average Bonchev–Trinajstić information content (AvgIpc) is 2.50. The van der Waals surface area contributed by atoms with Gasteiger partial charge in [0.2, 0.25) is 5.91 Å². The van der Waals surface area contributed by atoms with Gasteiger partial charge in [0.1, 0.15) is 5.82 Å². The Bertz CT molecular complexity index is 631. The zero-order chi connectivity index (χ0) is 15.9. The molecule has 2 aromatic carbocycles. The van der Waals surface area contributed by atoms with Gasteiger partial charge in [-0.15, -0.1) is 0 Å². The summed E-state index contributed by atoms with van der Waals surface area (Å²) in [6, 6.07) is 13.8. The predicted molar refractivity (Wildman–Crippen MR) is 87.6 cm³/mol. The maximum Gasteiger partial charge on any atom is 0.219 e. The van der Waals surface area contributed by atoms with Crippen LogP contribution in [0.15, 0.2) is 48.5 Å². The zero-order valence-corrected chi connectivity index (χ0v) is 12.9. The van der Waals surface area contributed by atoms with Gasteiger partial charge in [-0.05, 0) is 42.3 Å². The van der Waals surface area contributed by atoms with Crippen LogP contribution in [0.4, 0.5) is 10.1 Å². The van der Waals surface area contributed by atoms with E-state index in [4.69, 9.17) is 17.3 Å². The fourth-order valence-electron chi connectivity index (χ4n) is 2.22. The molecule has 0 radical (unpaired) electrons. The number of nitrogens with two attached hydrogens (primary N) is 1. The van der Waals surface area contributed by atoms with Crippen molar-refractivity contribution in [2.24, 2.45) is 5.73 Å². The first-order valence-electron chi connectivity index (χ1n) is 7.08. The molecule has 2 rings (SSSR count). The van der Waals surface area contributed by atoms with Gasteiger partial charge in [0.05, 0.1) is 0 Å². The van der Waals surface area contributed by atoms with Crippen molar-refractivity contribution < 1.29 is 9.18 Å². The van der Waals surface area contributed by atoms with Crippen molar-refractivity contribution in [3.63, 3.8) is 0 Å². The molecule has 0 heterocycles. The second kappa shape index (κ2) is 7.80. The third-order valence-corrected chi connectivity index (χ3v) is 3.80. The van der Waals surface area contributed by atoms with Crippen LogP contribution < -0.4 is 10.6 Å². The molecular formula is C17H18ClFN2O. The summed E-state index contributed by atoms with van der Waals surface area (Å²) in [7, 11) is 0. The Hall–Kier alpha value is -2.07. The number of hydrogen-bond acceptors (Lipinski definition) is 2. The fraction of sp³-hybridized carbons (Fsp3) is 0.235. The maximum atomic E-state index is 13.1. The minimum absolute atomic E-state index is 0.250. The van der Waals surface area contributed by atoms with Crippen LogP contribution in [0, 0.1) is 5.82 Å². The van der Waals surface area contributed by atoms with Crippen molar-refractivity contribution in [3.8, 4) is 0 Å². The lowest BCUT2D eigenvalue weighted by Crippen LogP contribution is -2.30. The smallest absolute Gasteiger partial charge is 0.219 e. The first-order chi connectivity index (χ1) is 10.6. The second-order valence-electron chi connectivity index (χ2n) is 5.02. The summed E-state index contributed by atoms with van der Waals surface area (Å²) >= 11 is 6.16. The van der Waals surface area contributed by atoms with Crippen molar-refractivity contribution >= 4 is 23.2 Å². The standard InChI is InChI=1S/C17H18ClFN2O/c18-16-4-2-1-3-13(16)9-11-21(12-10-17(20)22)15-7-5-14(19)6-8-15/h1-8H,9-12H2,(H2,20,22). The van der Waals surface area contributed by atoms with Gasteiger partial charge < -0.3 is 10.6 Å². The molecule has 0 saturated carbocycles. The lowest BCUT2D eigenvalue weighted by Gasteiger charge is -2.24. The number of primary amides is 1. The average molecular weight is 321 g/mol. The van der Waals surface area contributed by atoms with E-state index in [0.29, 0.717) is 13.1 Å². The monoisotopic (exact) mass is 320 g/mol. The minimum Gasteiger partial charge on any atom is -0.371 e. The number of anilines is 1. The largest absolute Gasteiger partial charge is 0.371 e. The molecule has 2 aromatic rings. The van der Waals surface area contributed by atoms with E-state index in [9.17, 15) is 9.18 Å². The number of halogens is 2. The van der Waals surface area contributed by atoms with Gasteiger partial charge in [0, 0.05) is 30.2 Å². The highest BCUT2D eigenvalue weighted by Crippen LogP contribution is 2.19. The molecule has 0 aliphatic carbocycles. The van der Waals surface area contributed by atoms with Crippen LogP contribution in [0.5, 0.6) is 0 Å². The molecule has 116 valence electrons. The molecule has 0 spiro atoms. The van der Waals surface area contributed by atoms with E-state index in [1.54, 1.807) is 12.1 Å². The highest BCUT2D eigenvalue weighted by atomic mass is 35.5. The molecule has 0 unspecified atom stereocenters. The maximum absolute atomic E-state index is 13.1. The third kappa shape index (κ3) is 4.74. The van der Waals surface area contributed by atoms with Crippen molar-refractivity contribution in [1.82, 2.24) is 0 Å². The highest BCUT2D eigenvalue weighted by Gasteiger charge is 2.09. The van der Waals surface area contributed by atoms with E-state index in [0.717, 1.165) is 22.7 Å². The molecule has 22 heavy (non-hydrogen) atoms. The minimum atomic E-state index is -0.357. The van der Waals surface area contributed by atoms with Crippen LogP contribution in [0.2, 0.25) is 5.02 Å². The molecule has 3 nitrogen and oxygen atoms in total. The van der Waals surface area contributed by atoms with Crippen LogP contribution in [-0.4, -0.2) is 19.0 Å². The van der Waals surface area contributed by atoms with Crippen LogP contribution in [0.3, 0.4) is 0 Å². The first kappa shape index (κ1) is 16.3. The second-order valence-corrected chi connectivity index (χ2v) is 5.43. The van der Waals surface area contributed by atoms with E-state index in [-0.39, 0.29) is 18.1 Å². The Balaban J connectivity index is 2.08. The van der Waals surface area contributed by atoms with Gasteiger partial charge in [-0.25, -0.2) is 4.39 Å². The van der Waals surface area contributed by atoms with Gasteiger partial charge in [-0.2, -0.15) is 0 Å². The van der Waals surface area contributed by atoms with E-state index < -0.39 is 0 Å². The van der Waals surface area contributed by atoms with Gasteiger partial charge in [-0.3, -0.25) is 4.79 Å². The van der Waals surface area contributed by atoms with E-state index in [1.165, 1.54) is 12.1 Å². The SMILES string of the molecule is NC(=O)CCN(CCc1ccccc1Cl)c1ccc(F)cc1. The number of nitrogens with zero attached hydrogens (tertiary/aromatic N) is 1. The lowest BCUT2D eigenvalue weighted by molar-refractivity contribution is -0.117. The Morgan fingerprint density at radius 2 is 1.77 bits per heavy atom. The topological polar surface area (TPSA) is 46.3 Å². The van der Waals surface area contributed by atoms with Crippen molar-refractivity contribution in [1.29, 1.82) is 0 Å². The zero-order valence-electron chi connectivity index (χ0n) is 12.1. The third-order valence-electron chi connectivity index (χ3n) is 3.43. The summed E-state index contributed by atoms with van der Waals surface area (Å²) in [4.78, 5) is 13.0. The first-order valence-corrected chi connectivity index (χ1v) is 7.46. The van der Waals surface area contributed by atoms with Crippen molar-refractivity contribution in [2.75, 3.05) is 18.0 Å². The molecule has 0 aliphatic rings. The molecule has 0 aliphatic heterocycles. The Morgan fingerprint density at radius 3 is 2.41 bits per heavy atom. The van der Waals surface area contributed by atoms with Crippen LogP contribution in [-0.2, 0) is 11.2 Å². The summed E-state index contributed by atoms with van der Waals surface area (Å²) in [5, 5.41) is 0.719. The van der Waals surface area contributed by atoms with Gasteiger partial charge in [0.15, 0.2) is 0 Å². The molecule has 0 fully saturated rings. The number of rotatable bonds is 7. The van der Waals surface area contributed by atoms with E-state index >= 15 is 0 Å². The summed E-state index contributed by atoms with van der Waals surface area (Å²) in [5.74, 6) is -0.644. The van der Waals surface area contributed by atoms with Crippen molar-refractivity contribution in [3.05, 3.63) is 64.9 Å². The van der Waals surface area contributed by atoms with E-state index in [2.05, 4.69) is 0 Å². The predicted octanol–water partition coefficient (Wildman–Crippen LogP) is 3.40. The van der Waals surface area contributed by atoms with Crippen molar-refractivity contribution in [2.45, 2.75) is 12.8 Å². The van der Waals surface area contributed by atoms with Crippen LogP contribution >= 0.6 is 11.6 Å². The molecule has 0 bridgehead atoms. The summed E-state index contributed by atoms with van der Waals surface area (Å²) < 4.78 is 13.1. The number of amides is 1. The highest BCUT2D eigenvalue weighted by molar-refractivity contribution is 6.31. The Morgan fingerprint density at radius 1 is 1.09 bits per heavy atom. The Kier molecular flexibility index (Phi) is 5.78. The number of hydrogen-bond donors (Lipinski definition) is 1. The van der Waals surface area contributed by atoms with E-state index in [1.807, 2.05) is 29.2 Å². The number of benzene rings is 2. The van der Waals surface area contributed by atoms with Crippen LogP contribution in [0.25, 0.3) is 0 Å². The molecular weight excluding hydrogens is 303 g/mol. The van der Waals surface area contributed by atoms with Crippen LogP contribution in [0.1, 0.15) is 12.0 Å². The molecule has 2 N–H and O–H groups in total. The Labute approximate surface area is 134 Å². The molecule has 5 heteroatoms. The molecule has 0 saturated heterocycles. The molecule has 0 aromatic heterocycles.